The van der Waals surface area contributed by atoms with E-state index in [1.54, 1.807) is 14.2 Å². The smallest absolute Gasteiger partial charge is 0.179 e. The molecule has 0 saturated heterocycles. The lowest BCUT2D eigenvalue weighted by molar-refractivity contribution is 0.272. The Morgan fingerprint density at radius 2 is 1.88 bits per heavy atom. The summed E-state index contributed by atoms with van der Waals surface area (Å²) >= 11 is 6.10. The van der Waals surface area contributed by atoms with Gasteiger partial charge in [-0.3, -0.25) is 0 Å². The summed E-state index contributed by atoms with van der Waals surface area (Å²) in [6, 6.07) is 1.82. The van der Waals surface area contributed by atoms with Gasteiger partial charge in [0, 0.05) is 12.5 Å². The van der Waals surface area contributed by atoms with Gasteiger partial charge in [-0.25, -0.2) is 0 Å². The molecule has 1 unspecified atom stereocenters. The number of rotatable bonds is 4. The maximum atomic E-state index is 9.18. The Kier molecular flexibility index (Phi) is 4.44. The Bertz CT molecular complexity index is 377. The van der Waals surface area contributed by atoms with Crippen LogP contribution in [0.25, 0.3) is 0 Å². The average molecular weight is 245 g/mol. The minimum Gasteiger partial charge on any atom is -0.493 e. The average Bonchev–Trinajstić information content (AvgIpc) is 2.29. The van der Waals surface area contributed by atoms with Gasteiger partial charge in [0.1, 0.15) is 0 Å². The first-order chi connectivity index (χ1) is 7.56. The summed E-state index contributed by atoms with van der Waals surface area (Å²) in [5.74, 6) is 1.19. The monoisotopic (exact) mass is 244 g/mol. The predicted octanol–water partition coefficient (Wildman–Crippen LogP) is 2.76. The van der Waals surface area contributed by atoms with Gasteiger partial charge in [-0.2, -0.15) is 0 Å². The topological polar surface area (TPSA) is 38.7 Å². The van der Waals surface area contributed by atoms with Gasteiger partial charge < -0.3 is 14.6 Å². The summed E-state index contributed by atoms with van der Waals surface area (Å²) in [4.78, 5) is 0. The minimum atomic E-state index is 0.0253. The molecule has 0 bridgehead atoms. The summed E-state index contributed by atoms with van der Waals surface area (Å²) in [6.45, 7) is 3.94. The van der Waals surface area contributed by atoms with E-state index in [1.165, 1.54) is 0 Å². The van der Waals surface area contributed by atoms with Crippen LogP contribution in [0.1, 0.15) is 24.0 Å². The summed E-state index contributed by atoms with van der Waals surface area (Å²) in [5.41, 5.74) is 1.93. The first-order valence-corrected chi connectivity index (χ1v) is 5.46. The quantitative estimate of drug-likeness (QED) is 0.885. The molecular weight excluding hydrogens is 228 g/mol. The van der Waals surface area contributed by atoms with E-state index in [9.17, 15) is 5.11 Å². The molecule has 0 aliphatic heterocycles. The number of hydrogen-bond acceptors (Lipinski definition) is 3. The van der Waals surface area contributed by atoms with Crippen LogP contribution in [0.15, 0.2) is 6.07 Å². The second-order valence-electron chi connectivity index (χ2n) is 3.72. The zero-order valence-corrected chi connectivity index (χ0v) is 10.8. The fourth-order valence-electron chi connectivity index (χ4n) is 1.77. The van der Waals surface area contributed by atoms with Crippen LogP contribution >= 0.6 is 11.6 Å². The molecule has 0 aliphatic carbocycles. The Morgan fingerprint density at radius 1 is 1.31 bits per heavy atom. The van der Waals surface area contributed by atoms with E-state index in [-0.39, 0.29) is 12.5 Å². The van der Waals surface area contributed by atoms with Crippen LogP contribution in [0, 0.1) is 6.92 Å². The molecule has 0 radical (unpaired) electrons. The normalized spacial score (nSPS) is 12.4. The highest BCUT2D eigenvalue weighted by Gasteiger charge is 2.18. The molecule has 1 rings (SSSR count). The van der Waals surface area contributed by atoms with Gasteiger partial charge in [-0.1, -0.05) is 18.5 Å². The fourth-order valence-corrected chi connectivity index (χ4v) is 2.05. The van der Waals surface area contributed by atoms with Crippen LogP contribution in [0.2, 0.25) is 5.02 Å². The highest BCUT2D eigenvalue weighted by molar-refractivity contribution is 6.32. The van der Waals surface area contributed by atoms with E-state index in [2.05, 4.69) is 0 Å². The molecule has 4 heteroatoms. The molecule has 0 fully saturated rings. The van der Waals surface area contributed by atoms with E-state index in [0.29, 0.717) is 16.5 Å². The largest absolute Gasteiger partial charge is 0.493 e. The lowest BCUT2D eigenvalue weighted by atomic mass is 9.96. The first-order valence-electron chi connectivity index (χ1n) is 5.08. The van der Waals surface area contributed by atoms with Crippen molar-refractivity contribution in [1.82, 2.24) is 0 Å². The van der Waals surface area contributed by atoms with Crippen LogP contribution in [-0.2, 0) is 0 Å². The standard InChI is InChI=1S/C12H17ClO3/c1-7(6-14)9-5-10(13)12(16-4)11(15-3)8(9)2/h5,7,14H,6H2,1-4H3. The predicted molar refractivity (Wildman–Crippen MR) is 64.8 cm³/mol. The third-order valence-electron chi connectivity index (χ3n) is 2.69. The van der Waals surface area contributed by atoms with E-state index in [1.807, 2.05) is 19.9 Å². The van der Waals surface area contributed by atoms with Gasteiger partial charge in [0.05, 0.1) is 19.2 Å². The number of hydrogen-bond donors (Lipinski definition) is 1. The van der Waals surface area contributed by atoms with Crippen molar-refractivity contribution in [2.75, 3.05) is 20.8 Å². The second-order valence-corrected chi connectivity index (χ2v) is 4.13. The maximum Gasteiger partial charge on any atom is 0.179 e. The number of aliphatic hydroxyl groups excluding tert-OH is 1. The molecule has 0 amide bonds. The highest BCUT2D eigenvalue weighted by Crippen LogP contribution is 2.41. The van der Waals surface area contributed by atoms with Gasteiger partial charge in [0.2, 0.25) is 0 Å². The van der Waals surface area contributed by atoms with Crippen LogP contribution in [0.5, 0.6) is 11.5 Å². The lowest BCUT2D eigenvalue weighted by Gasteiger charge is -2.18. The molecule has 1 N–H and O–H groups in total. The molecule has 0 saturated carbocycles. The number of aliphatic hydroxyl groups is 1. The van der Waals surface area contributed by atoms with Crippen molar-refractivity contribution in [3.63, 3.8) is 0 Å². The third-order valence-corrected chi connectivity index (χ3v) is 2.97. The van der Waals surface area contributed by atoms with Crippen molar-refractivity contribution in [2.45, 2.75) is 19.8 Å². The molecule has 1 atom stereocenters. The van der Waals surface area contributed by atoms with Crippen molar-refractivity contribution >= 4 is 11.6 Å². The number of benzene rings is 1. The van der Waals surface area contributed by atoms with E-state index < -0.39 is 0 Å². The molecule has 16 heavy (non-hydrogen) atoms. The van der Waals surface area contributed by atoms with Crippen molar-refractivity contribution in [3.8, 4) is 11.5 Å². The summed E-state index contributed by atoms with van der Waals surface area (Å²) in [5, 5.41) is 9.68. The Balaban J connectivity index is 3.39. The van der Waals surface area contributed by atoms with E-state index in [0.717, 1.165) is 11.1 Å². The SMILES string of the molecule is COc1c(Cl)cc(C(C)CO)c(C)c1OC. The first kappa shape index (κ1) is 13.1. The maximum absolute atomic E-state index is 9.18. The molecule has 1 aromatic rings. The number of ether oxygens (including phenoxy) is 2. The summed E-state index contributed by atoms with van der Waals surface area (Å²) in [6.07, 6.45) is 0. The number of methoxy groups -OCH3 is 2. The summed E-state index contributed by atoms with van der Waals surface area (Å²) < 4.78 is 10.5. The van der Waals surface area contributed by atoms with Gasteiger partial charge >= 0.3 is 0 Å². The van der Waals surface area contributed by atoms with Crippen LogP contribution in [0.3, 0.4) is 0 Å². The van der Waals surface area contributed by atoms with E-state index >= 15 is 0 Å². The molecule has 1 aromatic carbocycles. The molecule has 0 aliphatic rings. The zero-order chi connectivity index (χ0) is 12.3. The Morgan fingerprint density at radius 3 is 2.31 bits per heavy atom. The lowest BCUT2D eigenvalue weighted by Crippen LogP contribution is -2.04. The van der Waals surface area contributed by atoms with Gasteiger partial charge in [-0.15, -0.1) is 0 Å². The minimum absolute atomic E-state index is 0.0253. The van der Waals surface area contributed by atoms with E-state index in [4.69, 9.17) is 21.1 Å². The van der Waals surface area contributed by atoms with Crippen molar-refractivity contribution in [1.29, 1.82) is 0 Å². The van der Waals surface area contributed by atoms with Gasteiger partial charge in [0.15, 0.2) is 11.5 Å². The third kappa shape index (κ3) is 2.25. The van der Waals surface area contributed by atoms with Crippen molar-refractivity contribution in [3.05, 3.63) is 22.2 Å². The molecular formula is C12H17ClO3. The second kappa shape index (κ2) is 5.41. The molecule has 90 valence electrons. The van der Waals surface area contributed by atoms with Crippen molar-refractivity contribution in [2.24, 2.45) is 0 Å². The van der Waals surface area contributed by atoms with Crippen molar-refractivity contribution < 1.29 is 14.6 Å². The molecule has 0 spiro atoms. The van der Waals surface area contributed by atoms with Gasteiger partial charge in [-0.05, 0) is 24.1 Å². The molecule has 0 aromatic heterocycles. The fraction of sp³-hybridized carbons (Fsp3) is 0.500. The van der Waals surface area contributed by atoms with Gasteiger partial charge in [0.25, 0.3) is 0 Å². The van der Waals surface area contributed by atoms with Crippen LogP contribution < -0.4 is 9.47 Å². The van der Waals surface area contributed by atoms with Crippen LogP contribution in [-0.4, -0.2) is 25.9 Å². The Labute approximate surface area is 101 Å². The highest BCUT2D eigenvalue weighted by atomic mass is 35.5. The molecule has 0 heterocycles. The zero-order valence-electron chi connectivity index (χ0n) is 10.0. The summed E-state index contributed by atoms with van der Waals surface area (Å²) in [7, 11) is 3.13. The molecule has 3 nitrogen and oxygen atoms in total. The Hall–Kier alpha value is -0.930. The number of halogens is 1. The van der Waals surface area contributed by atoms with Crippen LogP contribution in [0.4, 0.5) is 0 Å².